The molecule has 143 heavy (non-hydrogen) atoms. The molecule has 5 aliphatic heterocycles. The summed E-state index contributed by atoms with van der Waals surface area (Å²) in [5.41, 5.74) is 35.2. The second-order valence-corrected chi connectivity index (χ2v) is 39.1. The first-order chi connectivity index (χ1) is 69.2. The van der Waals surface area contributed by atoms with Crippen LogP contribution in [-0.2, 0) is 0 Å². The number of benzene rings is 9. The Hall–Kier alpha value is -16.5. The fourth-order valence-electron chi connectivity index (χ4n) is 21.6. The lowest BCUT2D eigenvalue weighted by Gasteiger charge is -2.34. The normalized spacial score (nSPS) is 16.4. The Morgan fingerprint density at radius 1 is 0.238 bits per heavy atom. The van der Waals surface area contributed by atoms with Gasteiger partial charge in [-0.2, -0.15) is 0 Å². The van der Waals surface area contributed by atoms with Crippen LogP contribution in [0.1, 0.15) is 142 Å². The Balaban J connectivity index is 0.000000103. The van der Waals surface area contributed by atoms with Crippen LogP contribution >= 0.6 is 0 Å². The van der Waals surface area contributed by atoms with E-state index in [1.807, 2.05) is 95.5 Å². The van der Waals surface area contributed by atoms with Crippen molar-refractivity contribution in [2.45, 2.75) is 174 Å². The summed E-state index contributed by atoms with van der Waals surface area (Å²) < 4.78 is 31.5. The standard InChI is InChI=1S/C29H33N3O.C27H23N3O.C23H21N3O.2C21H20N4O/c1-17(2)22-9-8-10-23(18(3)4)27(22)32-16-15-31(21(32)7)26-19(5)11-13-24-25-14-12-20(6)30-29(25)33-28(24)26;1-17-13-15-21-22-16-14-18(2)28-27(22)31-26(21)25(17)30-19(3)29(20-9-5-4-6-10-20)23-11-7-8-12-24(23)30;1-15-9-11-19-20-12-10-16(2)24-23(20)27-22(19)21(15)26-14-13-25(17(26)3)18-7-5-4-6-8-18;1-12-7-9-15-16-10-8-13(2)23-21(16)26-19(15)18(12)25-14(3)24(4)20-17(25)6-5-11-22-20;1-12-7-9-15-16-10-8-13(2)23-21(16)26-19(15)18(12)25-14(3)24(4)17-6-5-11-22-20(17)25/h8-18,21H,1-7H3;4-16,19H,1-3H3;4-14,17H,1-3H3;2*5-11,14H,1-4H3. The van der Waals surface area contributed by atoms with E-state index in [0.717, 1.165) is 167 Å². The van der Waals surface area contributed by atoms with E-state index in [2.05, 4.69) is 420 Å². The van der Waals surface area contributed by atoms with Gasteiger partial charge < -0.3 is 71.1 Å². The zero-order chi connectivity index (χ0) is 99.1. The van der Waals surface area contributed by atoms with Gasteiger partial charge in [-0.3, -0.25) is 0 Å². The van der Waals surface area contributed by atoms with Gasteiger partial charge in [-0.15, -0.1) is 0 Å². The molecular weight excluding hydrogens is 1770 g/mol. The van der Waals surface area contributed by atoms with Crippen LogP contribution in [0.3, 0.4) is 0 Å². The molecule has 0 bridgehead atoms. The fourth-order valence-corrected chi connectivity index (χ4v) is 21.6. The third-order valence-corrected chi connectivity index (χ3v) is 29.2. The zero-order valence-corrected chi connectivity index (χ0v) is 84.8. The predicted octanol–water partition coefficient (Wildman–Crippen LogP) is 30.8. The number of aryl methyl sites for hydroxylation is 10. The topological polar surface area (TPSA) is 188 Å². The first kappa shape index (κ1) is 91.6. The Labute approximate surface area is 832 Å². The highest BCUT2D eigenvalue weighted by Gasteiger charge is 2.41. The zero-order valence-electron chi connectivity index (χ0n) is 84.8. The van der Waals surface area contributed by atoms with Crippen LogP contribution in [0.15, 0.2) is 308 Å². The molecule has 716 valence electrons. The van der Waals surface area contributed by atoms with Gasteiger partial charge in [0.2, 0.25) is 28.6 Å². The maximum atomic E-state index is 6.39. The number of pyridine rings is 7. The van der Waals surface area contributed by atoms with Crippen molar-refractivity contribution < 1.29 is 22.1 Å². The van der Waals surface area contributed by atoms with Crippen molar-refractivity contribution in [3.05, 3.63) is 353 Å². The fraction of sp³-hybridized carbons (Fsp3) is 0.231. The van der Waals surface area contributed by atoms with Crippen molar-refractivity contribution in [1.82, 2.24) is 34.9 Å². The molecule has 5 unspecified atom stereocenters. The van der Waals surface area contributed by atoms with Crippen LogP contribution in [0.5, 0.6) is 0 Å². The van der Waals surface area contributed by atoms with Gasteiger partial charge >= 0.3 is 0 Å². The molecule has 26 rings (SSSR count). The maximum Gasteiger partial charge on any atom is 0.227 e. The molecular formula is C121H117N17O5. The lowest BCUT2D eigenvalue weighted by atomic mass is 9.92. The van der Waals surface area contributed by atoms with E-state index in [1.54, 1.807) is 0 Å². The number of rotatable bonds is 10. The summed E-state index contributed by atoms with van der Waals surface area (Å²) in [6, 6.07) is 86.8. The summed E-state index contributed by atoms with van der Waals surface area (Å²) in [6.07, 6.45) is 13.0. The summed E-state index contributed by atoms with van der Waals surface area (Å²) in [6.45, 7) is 40.8. The third-order valence-electron chi connectivity index (χ3n) is 29.2. The lowest BCUT2D eigenvalue weighted by molar-refractivity contribution is 0.646. The largest absolute Gasteiger partial charge is 0.435 e. The molecule has 22 heteroatoms. The first-order valence-corrected chi connectivity index (χ1v) is 49.5. The summed E-state index contributed by atoms with van der Waals surface area (Å²) in [7, 11) is 4.18. The average molecular weight is 1890 g/mol. The Morgan fingerprint density at radius 2 is 0.538 bits per heavy atom. The van der Waals surface area contributed by atoms with Crippen LogP contribution in [-0.4, -0.2) is 79.8 Å². The maximum absolute atomic E-state index is 6.39. The molecule has 9 aromatic carbocycles. The van der Waals surface area contributed by atoms with Crippen molar-refractivity contribution in [2.75, 3.05) is 63.1 Å². The molecule has 5 atom stereocenters. The van der Waals surface area contributed by atoms with Crippen molar-refractivity contribution in [3.63, 3.8) is 0 Å². The second-order valence-electron chi connectivity index (χ2n) is 39.1. The summed E-state index contributed by atoms with van der Waals surface area (Å²) in [5, 5.41) is 10.8. The predicted molar refractivity (Wildman–Crippen MR) is 588 cm³/mol. The van der Waals surface area contributed by atoms with E-state index in [1.165, 1.54) is 61.8 Å². The summed E-state index contributed by atoms with van der Waals surface area (Å²) in [4.78, 5) is 55.4. The number of furan rings is 5. The Kier molecular flexibility index (Phi) is 23.3. The minimum absolute atomic E-state index is 0.0898. The molecule has 0 N–H and O–H groups in total. The molecule has 22 nitrogen and oxygen atoms in total. The van der Waals surface area contributed by atoms with Gasteiger partial charge in [-0.05, 0) is 276 Å². The van der Waals surface area contributed by atoms with Gasteiger partial charge in [0.15, 0.2) is 39.6 Å². The smallest absolute Gasteiger partial charge is 0.227 e. The Bertz CT molecular complexity index is 8420. The van der Waals surface area contributed by atoms with Crippen LogP contribution in [0.2, 0.25) is 0 Å². The summed E-state index contributed by atoms with van der Waals surface area (Å²) in [5.74, 6) is 2.84. The van der Waals surface area contributed by atoms with Crippen molar-refractivity contribution >= 4 is 190 Å². The molecule has 0 saturated heterocycles. The molecule has 0 amide bonds. The summed E-state index contributed by atoms with van der Waals surface area (Å²) >= 11 is 0. The van der Waals surface area contributed by atoms with Crippen molar-refractivity contribution in [3.8, 4) is 0 Å². The van der Waals surface area contributed by atoms with Crippen LogP contribution in [0.4, 0.5) is 79.9 Å². The van der Waals surface area contributed by atoms with E-state index in [-0.39, 0.29) is 30.8 Å². The molecule has 0 aliphatic carbocycles. The van der Waals surface area contributed by atoms with Crippen LogP contribution < -0.4 is 49.0 Å². The molecule has 12 aromatic heterocycles. The molecule has 0 spiro atoms. The SMILES string of the molecule is Cc1ccc2c(n1)oc1c(N3C=CN(c4c(C(C)C)cccc4C(C)C)C3C)c(C)ccc12.Cc1ccc2c(n1)oc1c(N3C=CN(c4ccccc4)C3C)c(C)ccc12.Cc1ccc2c(n1)oc1c(N3c4ccccc4N(c4ccccc4)C3C)c(C)ccc12.Cc1ccc2c(n1)oc1c(N3c4cccnc4N(C)C3C)c(C)ccc12.Cc1ccc2c(n1)oc1c(N3c4ncccc4N(C)C3C)c(C)ccc12. The number of nitrogens with zero attached hydrogens (tertiary/aromatic N) is 17. The monoisotopic (exact) mass is 1890 g/mol. The molecule has 0 radical (unpaired) electrons. The molecule has 0 fully saturated rings. The van der Waals surface area contributed by atoms with Gasteiger partial charge in [0.05, 0.1) is 51.2 Å². The molecule has 21 aromatic rings. The number of anilines is 14. The minimum Gasteiger partial charge on any atom is -0.435 e. The van der Waals surface area contributed by atoms with Crippen molar-refractivity contribution in [2.24, 2.45) is 0 Å². The van der Waals surface area contributed by atoms with E-state index < -0.39 is 0 Å². The van der Waals surface area contributed by atoms with E-state index >= 15 is 0 Å². The first-order valence-electron chi connectivity index (χ1n) is 49.5. The second kappa shape index (κ2) is 36.3. The van der Waals surface area contributed by atoms with Gasteiger partial charge in [0.25, 0.3) is 0 Å². The molecule has 5 aliphatic rings. The van der Waals surface area contributed by atoms with Gasteiger partial charge in [-0.25, -0.2) is 34.9 Å². The number of aromatic nitrogens is 7. The Morgan fingerprint density at radius 3 is 0.937 bits per heavy atom. The van der Waals surface area contributed by atoms with E-state index in [0.29, 0.717) is 40.4 Å². The number of hydrogen-bond donors (Lipinski definition) is 0. The van der Waals surface area contributed by atoms with Crippen LogP contribution in [0, 0.1) is 69.2 Å². The van der Waals surface area contributed by atoms with Crippen molar-refractivity contribution in [1.29, 1.82) is 0 Å². The van der Waals surface area contributed by atoms with E-state index in [4.69, 9.17) is 22.1 Å². The van der Waals surface area contributed by atoms with E-state index in [9.17, 15) is 0 Å². The average Bonchev–Trinajstić information content (AvgIpc) is 1.59. The third kappa shape index (κ3) is 15.6. The number of fused-ring (bicyclic) bond motifs is 18. The van der Waals surface area contributed by atoms with Gasteiger partial charge in [0, 0.05) is 151 Å². The highest BCUT2D eigenvalue weighted by molar-refractivity contribution is 6.15. The van der Waals surface area contributed by atoms with Gasteiger partial charge in [-0.1, -0.05) is 155 Å². The highest BCUT2D eigenvalue weighted by Crippen LogP contribution is 2.55. The number of para-hydroxylation sites is 5. The van der Waals surface area contributed by atoms with Gasteiger partial charge in [0.1, 0.15) is 30.8 Å². The van der Waals surface area contributed by atoms with Crippen LogP contribution in [0.25, 0.3) is 110 Å². The quantitative estimate of drug-likeness (QED) is 0.126. The molecule has 17 heterocycles. The minimum atomic E-state index is 0.0898. The molecule has 0 saturated carbocycles. The highest BCUT2D eigenvalue weighted by atomic mass is 16.4. The lowest BCUT2D eigenvalue weighted by Crippen LogP contribution is -2.37. The number of hydrogen-bond acceptors (Lipinski definition) is 22.